The molecule has 1 aromatic rings. The molecule has 0 N–H and O–H groups in total. The summed E-state index contributed by atoms with van der Waals surface area (Å²) in [5, 5.41) is 0. The summed E-state index contributed by atoms with van der Waals surface area (Å²) in [6, 6.07) is 8.69. The second kappa shape index (κ2) is 11.6. The number of nitrogens with zero attached hydrogens (tertiary/aromatic N) is 2. The van der Waals surface area contributed by atoms with Gasteiger partial charge in [0.15, 0.2) is 0 Å². The Hall–Kier alpha value is -1.02. The summed E-state index contributed by atoms with van der Waals surface area (Å²) < 4.78 is 0. The van der Waals surface area contributed by atoms with Crippen LogP contribution in [0, 0.1) is 12.3 Å². The quantitative estimate of drug-likeness (QED) is 0.661. The molecule has 21 heavy (non-hydrogen) atoms. The highest BCUT2D eigenvalue weighted by molar-refractivity contribution is 5.46. The monoisotopic (exact) mass is 296 g/mol. The van der Waals surface area contributed by atoms with Crippen LogP contribution in [0.25, 0.3) is 0 Å². The summed E-state index contributed by atoms with van der Waals surface area (Å²) in [4.78, 5) is 4.64. The fraction of sp³-hybridized carbons (Fsp3) is 0.684. The Kier molecular flexibility index (Phi) is 13.8. The molecule has 0 radical (unpaired) electrons. The largest absolute Gasteiger partial charge is 0.362 e. The summed E-state index contributed by atoms with van der Waals surface area (Å²) in [5.74, 6) is 0. The Morgan fingerprint density at radius 3 is 1.71 bits per heavy atom. The Labute approximate surface area is 135 Å². The van der Waals surface area contributed by atoms with Crippen LogP contribution < -0.4 is 4.90 Å². The summed E-state index contributed by atoms with van der Waals surface area (Å²) >= 11 is 0. The van der Waals surface area contributed by atoms with Crippen molar-refractivity contribution in [1.29, 1.82) is 0 Å². The van der Waals surface area contributed by atoms with Crippen molar-refractivity contribution in [2.75, 3.05) is 32.2 Å². The SMILES string of the molecule is C.C.CC.Cc1ccc(N(C)CN(C)CC(C)(C)C)cc1. The van der Waals surface area contributed by atoms with Crippen molar-refractivity contribution in [3.05, 3.63) is 29.8 Å². The lowest BCUT2D eigenvalue weighted by Gasteiger charge is -2.31. The van der Waals surface area contributed by atoms with E-state index in [0.717, 1.165) is 13.2 Å². The second-order valence-corrected chi connectivity index (χ2v) is 6.25. The molecule has 0 aliphatic rings. The van der Waals surface area contributed by atoms with Crippen LogP contribution in [0.4, 0.5) is 5.69 Å². The molecule has 0 bridgehead atoms. The third kappa shape index (κ3) is 11.3. The van der Waals surface area contributed by atoms with Gasteiger partial charge in [-0.15, -0.1) is 0 Å². The van der Waals surface area contributed by atoms with Gasteiger partial charge in [-0.25, -0.2) is 0 Å². The van der Waals surface area contributed by atoms with E-state index in [4.69, 9.17) is 0 Å². The predicted octanol–water partition coefficient (Wildman–Crippen LogP) is 5.67. The lowest BCUT2D eigenvalue weighted by atomic mass is 9.96. The highest BCUT2D eigenvalue weighted by atomic mass is 15.3. The number of aryl methyl sites for hydroxylation is 1. The first-order valence-electron chi connectivity index (χ1n) is 7.24. The van der Waals surface area contributed by atoms with Crippen LogP contribution in [0.3, 0.4) is 0 Å². The fourth-order valence-corrected chi connectivity index (χ4v) is 2.10. The first-order valence-corrected chi connectivity index (χ1v) is 7.24. The Morgan fingerprint density at radius 1 is 0.905 bits per heavy atom. The predicted molar refractivity (Wildman–Crippen MR) is 101 cm³/mol. The summed E-state index contributed by atoms with van der Waals surface area (Å²) in [5.41, 5.74) is 2.93. The molecule has 0 heterocycles. The molecular weight excluding hydrogens is 256 g/mol. The van der Waals surface area contributed by atoms with Crippen LogP contribution in [-0.2, 0) is 0 Å². The van der Waals surface area contributed by atoms with E-state index in [2.05, 4.69) is 75.9 Å². The molecule has 0 unspecified atom stereocenters. The van der Waals surface area contributed by atoms with Gasteiger partial charge in [0, 0.05) is 19.3 Å². The highest BCUT2D eigenvalue weighted by Gasteiger charge is 2.14. The number of hydrogen-bond donors (Lipinski definition) is 0. The van der Waals surface area contributed by atoms with Crippen LogP contribution in [0.5, 0.6) is 0 Å². The van der Waals surface area contributed by atoms with Crippen LogP contribution in [-0.4, -0.2) is 32.2 Å². The summed E-state index contributed by atoms with van der Waals surface area (Å²) in [6.07, 6.45) is 0. The van der Waals surface area contributed by atoms with Gasteiger partial charge < -0.3 is 4.90 Å². The topological polar surface area (TPSA) is 6.48 Å². The third-order valence-electron chi connectivity index (χ3n) is 2.67. The molecule has 0 saturated carbocycles. The highest BCUT2D eigenvalue weighted by Crippen LogP contribution is 2.17. The zero-order valence-electron chi connectivity index (χ0n) is 14.1. The minimum atomic E-state index is 0. The van der Waals surface area contributed by atoms with Gasteiger partial charge in [-0.3, -0.25) is 4.90 Å². The van der Waals surface area contributed by atoms with E-state index in [1.165, 1.54) is 11.3 Å². The molecule has 2 heteroatoms. The zero-order valence-corrected chi connectivity index (χ0v) is 14.1. The maximum absolute atomic E-state index is 2.36. The molecule has 0 atom stereocenters. The maximum Gasteiger partial charge on any atom is 0.0701 e. The molecule has 0 spiro atoms. The van der Waals surface area contributed by atoms with Crippen LogP contribution in [0.1, 0.15) is 55.0 Å². The first-order chi connectivity index (χ1) is 8.78. The van der Waals surface area contributed by atoms with E-state index in [1.54, 1.807) is 0 Å². The van der Waals surface area contributed by atoms with Crippen LogP contribution >= 0.6 is 0 Å². The molecule has 0 amide bonds. The molecule has 0 aliphatic carbocycles. The third-order valence-corrected chi connectivity index (χ3v) is 2.67. The number of anilines is 1. The number of rotatable bonds is 4. The standard InChI is InChI=1S/C15H26N2.C2H6.2CH4/c1-13-7-9-14(10-8-13)17(6)12-16(5)11-15(2,3)4;1-2;;/h7-10H,11-12H2,1-6H3;1-2H3;2*1H4. The van der Waals surface area contributed by atoms with Crippen LogP contribution in [0.15, 0.2) is 24.3 Å². The van der Waals surface area contributed by atoms with Gasteiger partial charge in [-0.1, -0.05) is 67.2 Å². The molecule has 0 aliphatic heterocycles. The van der Waals surface area contributed by atoms with E-state index in [9.17, 15) is 0 Å². The molecule has 0 saturated heterocycles. The average molecular weight is 297 g/mol. The minimum absolute atomic E-state index is 0. The summed E-state index contributed by atoms with van der Waals surface area (Å²) in [6.45, 7) is 15.0. The fourth-order valence-electron chi connectivity index (χ4n) is 2.10. The van der Waals surface area contributed by atoms with Gasteiger partial charge in [-0.05, 0) is 31.5 Å². The maximum atomic E-state index is 2.36. The molecule has 2 nitrogen and oxygen atoms in total. The molecule has 1 aromatic carbocycles. The first kappa shape index (κ1) is 25.0. The second-order valence-electron chi connectivity index (χ2n) is 6.25. The van der Waals surface area contributed by atoms with Gasteiger partial charge in [0.1, 0.15) is 0 Å². The number of hydrogen-bond acceptors (Lipinski definition) is 2. The minimum Gasteiger partial charge on any atom is -0.362 e. The van der Waals surface area contributed by atoms with Crippen molar-refractivity contribution in [2.24, 2.45) is 5.41 Å². The lowest BCUT2D eigenvalue weighted by molar-refractivity contribution is 0.229. The number of benzene rings is 1. The van der Waals surface area contributed by atoms with E-state index < -0.39 is 0 Å². The van der Waals surface area contributed by atoms with Gasteiger partial charge in [-0.2, -0.15) is 0 Å². The normalized spacial score (nSPS) is 9.95. The molecule has 1 rings (SSSR count). The van der Waals surface area contributed by atoms with Gasteiger partial charge in [0.2, 0.25) is 0 Å². The van der Waals surface area contributed by atoms with E-state index >= 15 is 0 Å². The Bertz CT molecular complexity index is 336. The van der Waals surface area contributed by atoms with Crippen molar-refractivity contribution < 1.29 is 0 Å². The van der Waals surface area contributed by atoms with Crippen molar-refractivity contribution >= 4 is 5.69 Å². The van der Waals surface area contributed by atoms with Crippen molar-refractivity contribution in [2.45, 2.75) is 56.4 Å². The Morgan fingerprint density at radius 2 is 1.33 bits per heavy atom. The van der Waals surface area contributed by atoms with Crippen molar-refractivity contribution in [1.82, 2.24) is 4.90 Å². The van der Waals surface area contributed by atoms with Gasteiger partial charge in [0.25, 0.3) is 0 Å². The van der Waals surface area contributed by atoms with E-state index in [0.29, 0.717) is 5.41 Å². The lowest BCUT2D eigenvalue weighted by Crippen LogP contribution is -2.37. The molecule has 0 fully saturated rings. The Balaban J connectivity index is -0.000000774. The average Bonchev–Trinajstić information content (AvgIpc) is 2.29. The van der Waals surface area contributed by atoms with Crippen molar-refractivity contribution in [3.63, 3.8) is 0 Å². The molecule has 0 aromatic heterocycles. The molecular formula is C19H40N2. The van der Waals surface area contributed by atoms with E-state index in [-0.39, 0.29) is 14.9 Å². The van der Waals surface area contributed by atoms with E-state index in [1.807, 2.05) is 13.8 Å². The molecule has 126 valence electrons. The zero-order chi connectivity index (χ0) is 15.1. The smallest absolute Gasteiger partial charge is 0.0701 e. The van der Waals surface area contributed by atoms with Crippen LogP contribution in [0.2, 0.25) is 0 Å². The van der Waals surface area contributed by atoms with Gasteiger partial charge in [0.05, 0.1) is 6.67 Å². The summed E-state index contributed by atoms with van der Waals surface area (Å²) in [7, 11) is 4.32. The van der Waals surface area contributed by atoms with Crippen molar-refractivity contribution in [3.8, 4) is 0 Å². The van der Waals surface area contributed by atoms with Gasteiger partial charge >= 0.3 is 0 Å².